The molecule has 0 spiro atoms. The highest BCUT2D eigenvalue weighted by Crippen LogP contribution is 2.57. The van der Waals surface area contributed by atoms with Gasteiger partial charge in [-0.15, -0.1) is 0 Å². The first-order chi connectivity index (χ1) is 31.9. The number of hydrogen-bond donors (Lipinski definition) is 0. The Hall–Kier alpha value is -6.08. The lowest BCUT2D eigenvalue weighted by Crippen LogP contribution is -2.33. The largest absolute Gasteiger partial charge is 0.309 e. The summed E-state index contributed by atoms with van der Waals surface area (Å²) in [7, 11) is -6.73. The molecule has 12 rings (SSSR count). The number of hydrogen-bond acceptors (Lipinski definition) is 5. The van der Waals surface area contributed by atoms with Crippen LogP contribution in [0.5, 0.6) is 0 Å². The van der Waals surface area contributed by atoms with Crippen LogP contribution < -0.4 is 37.1 Å². The third-order valence-electron chi connectivity index (χ3n) is 13.5. The average molecular weight is 900 g/mol. The Morgan fingerprint density at radius 1 is 0.400 bits per heavy atom. The normalized spacial score (nSPS) is 20.2. The summed E-state index contributed by atoms with van der Waals surface area (Å²) < 4.78 is 30.5. The third-order valence-corrected chi connectivity index (χ3v) is 22.9. The third kappa shape index (κ3) is 7.85. The van der Waals surface area contributed by atoms with Gasteiger partial charge in [0.2, 0.25) is 0 Å². The summed E-state index contributed by atoms with van der Waals surface area (Å²) in [5.74, 6) is 2.97. The minimum atomic E-state index is -3.18. The van der Waals surface area contributed by atoms with Crippen LogP contribution in [0.2, 0.25) is 0 Å². The summed E-state index contributed by atoms with van der Waals surface area (Å²) in [6, 6.07) is 63.7. The summed E-state index contributed by atoms with van der Waals surface area (Å²) in [5, 5.41) is 6.04. The molecule has 4 bridgehead atoms. The van der Waals surface area contributed by atoms with E-state index in [0.29, 0.717) is 40.6 Å². The van der Waals surface area contributed by atoms with E-state index >= 15 is 9.13 Å². The van der Waals surface area contributed by atoms with Crippen molar-refractivity contribution in [3.05, 3.63) is 218 Å². The van der Waals surface area contributed by atoms with Gasteiger partial charge in [-0.3, -0.25) is 0 Å². The van der Waals surface area contributed by atoms with Crippen LogP contribution in [-0.2, 0) is 9.13 Å². The molecule has 0 amide bonds. The molecular formula is C57H48N3O2P3. The van der Waals surface area contributed by atoms with Crippen LogP contribution in [0, 0.1) is 11.8 Å². The van der Waals surface area contributed by atoms with Gasteiger partial charge in [0.15, 0.2) is 31.8 Å². The number of fused-ring (bicyclic) bond motifs is 1. The standard InChI is InChI=1S/C57H48N3O2P3/c61-64(49-16-5-1-6-17-49,50-18-7-2-8-19-50)53-36-28-43(29-37-53)56-58-55(42-26-34-47(35-27-42)63-46-32-24-41(25-33-46)45-14-13-15-48(63)40-45)59-57(60-56)44-30-38-54(39-31-44)65(62,51-20-9-3-10-21-51)52-22-11-4-12-23-52/h1-14,16-24,26-32,34-39,41,45-46,48H,15,25,33,40H2/t41?,45-,46?,48?,63?/m0/s1. The van der Waals surface area contributed by atoms with Crippen molar-refractivity contribution in [1.82, 2.24) is 15.0 Å². The van der Waals surface area contributed by atoms with Crippen molar-refractivity contribution in [2.24, 2.45) is 11.8 Å². The van der Waals surface area contributed by atoms with Crippen molar-refractivity contribution in [2.75, 3.05) is 0 Å². The van der Waals surface area contributed by atoms with E-state index < -0.39 is 14.3 Å². The molecule has 2 aliphatic heterocycles. The first-order valence-corrected chi connectivity index (χ1v) is 27.5. The highest BCUT2D eigenvalue weighted by Gasteiger charge is 2.39. The van der Waals surface area contributed by atoms with Crippen molar-refractivity contribution in [3.8, 4) is 34.2 Å². The topological polar surface area (TPSA) is 72.8 Å². The van der Waals surface area contributed by atoms with Crippen LogP contribution >= 0.6 is 22.2 Å². The molecule has 4 aliphatic rings. The molecule has 65 heavy (non-hydrogen) atoms. The fourth-order valence-electron chi connectivity index (χ4n) is 10.2. The molecule has 8 heteroatoms. The van der Waals surface area contributed by atoms with Crippen LogP contribution in [0.1, 0.15) is 25.7 Å². The maximum absolute atomic E-state index is 15.2. The Balaban J connectivity index is 0.996. The average Bonchev–Trinajstić information content (AvgIpc) is 3.39. The molecular weight excluding hydrogens is 852 g/mol. The number of benzene rings is 7. The van der Waals surface area contributed by atoms with Crippen LogP contribution in [0.4, 0.5) is 0 Å². The van der Waals surface area contributed by atoms with Crippen LogP contribution in [-0.4, -0.2) is 26.3 Å². The molecule has 3 heterocycles. The molecule has 2 aliphatic carbocycles. The van der Waals surface area contributed by atoms with E-state index in [1.165, 1.54) is 24.6 Å². The van der Waals surface area contributed by atoms with Gasteiger partial charge in [0, 0.05) is 54.2 Å². The summed E-state index contributed by atoms with van der Waals surface area (Å²) >= 11 is 0. The van der Waals surface area contributed by atoms with E-state index in [1.54, 1.807) is 0 Å². The molecule has 5 nitrogen and oxygen atoms in total. The minimum Gasteiger partial charge on any atom is -0.309 e. The monoisotopic (exact) mass is 899 g/mol. The summed E-state index contributed by atoms with van der Waals surface area (Å²) in [4.78, 5) is 15.4. The van der Waals surface area contributed by atoms with E-state index in [-0.39, 0.29) is 7.92 Å². The van der Waals surface area contributed by atoms with E-state index in [9.17, 15) is 0 Å². The van der Waals surface area contributed by atoms with Crippen LogP contribution in [0.15, 0.2) is 218 Å². The number of nitrogens with zero attached hydrogens (tertiary/aromatic N) is 3. The Kier molecular flexibility index (Phi) is 11.3. The molecule has 0 radical (unpaired) electrons. The fraction of sp³-hybridized carbons (Fsp3) is 0.140. The van der Waals surface area contributed by atoms with Crippen molar-refractivity contribution < 1.29 is 9.13 Å². The summed E-state index contributed by atoms with van der Waals surface area (Å²) in [6.45, 7) is 0. The van der Waals surface area contributed by atoms with Gasteiger partial charge in [-0.2, -0.15) is 0 Å². The van der Waals surface area contributed by atoms with Gasteiger partial charge in [-0.1, -0.05) is 226 Å². The molecule has 5 atom stereocenters. The van der Waals surface area contributed by atoms with Crippen molar-refractivity contribution >= 4 is 59.3 Å². The number of allylic oxidation sites excluding steroid dienone is 4. The van der Waals surface area contributed by atoms with Gasteiger partial charge in [-0.25, -0.2) is 15.0 Å². The van der Waals surface area contributed by atoms with E-state index in [1.807, 2.05) is 170 Å². The molecule has 8 aromatic rings. The smallest absolute Gasteiger partial charge is 0.171 e. The van der Waals surface area contributed by atoms with Crippen LogP contribution in [0.25, 0.3) is 34.2 Å². The lowest BCUT2D eigenvalue weighted by atomic mass is 9.79. The highest BCUT2D eigenvalue weighted by molar-refractivity contribution is 7.85. The predicted octanol–water partition coefficient (Wildman–Crippen LogP) is 10.9. The van der Waals surface area contributed by atoms with Crippen LogP contribution in [0.3, 0.4) is 0 Å². The number of rotatable bonds is 10. The first-order valence-electron chi connectivity index (χ1n) is 22.6. The second-order valence-corrected chi connectivity index (χ2v) is 25.6. The van der Waals surface area contributed by atoms with E-state index in [4.69, 9.17) is 15.0 Å². The van der Waals surface area contributed by atoms with Gasteiger partial charge in [0.1, 0.15) is 0 Å². The lowest BCUT2D eigenvalue weighted by Gasteiger charge is -2.44. The zero-order chi connectivity index (χ0) is 43.8. The van der Waals surface area contributed by atoms with E-state index in [0.717, 1.165) is 54.9 Å². The Bertz CT molecular complexity index is 2860. The fourth-order valence-corrected chi connectivity index (χ4v) is 18.8. The Labute approximate surface area is 383 Å². The summed E-state index contributed by atoms with van der Waals surface area (Å²) in [5.41, 5.74) is 3.81. The molecule has 1 saturated heterocycles. The molecule has 7 aromatic carbocycles. The molecule has 0 N–H and O–H groups in total. The lowest BCUT2D eigenvalue weighted by molar-refractivity contribution is 0.375. The Morgan fingerprint density at radius 2 is 0.785 bits per heavy atom. The SMILES string of the molecule is O=P(c1ccccc1)(c1ccccc1)c1ccc(-c2nc(-c3ccc(P4C5C=CC(CC5)[C@H]5C=CCC4C5)cc3)nc(-c3ccc(P(=O)(c4ccccc4)c4ccccc4)cc3)n2)cc1. The second kappa shape index (κ2) is 17.7. The second-order valence-electron chi connectivity index (χ2n) is 17.3. The number of aromatic nitrogens is 3. The van der Waals surface area contributed by atoms with Gasteiger partial charge in [-0.05, 0) is 48.5 Å². The van der Waals surface area contributed by atoms with Gasteiger partial charge in [0.25, 0.3) is 0 Å². The zero-order valence-corrected chi connectivity index (χ0v) is 38.6. The highest BCUT2D eigenvalue weighted by atomic mass is 31.2. The van der Waals surface area contributed by atoms with Crippen molar-refractivity contribution in [3.63, 3.8) is 0 Å². The molecule has 0 saturated carbocycles. The van der Waals surface area contributed by atoms with Gasteiger partial charge >= 0.3 is 0 Å². The van der Waals surface area contributed by atoms with Crippen molar-refractivity contribution in [2.45, 2.75) is 37.0 Å². The van der Waals surface area contributed by atoms with Crippen molar-refractivity contribution in [1.29, 1.82) is 0 Å². The minimum absolute atomic E-state index is 0.372. The van der Waals surface area contributed by atoms with Gasteiger partial charge in [0.05, 0.1) is 0 Å². The zero-order valence-electron chi connectivity index (χ0n) is 35.9. The molecule has 1 aromatic heterocycles. The first kappa shape index (κ1) is 41.6. The Morgan fingerprint density at radius 3 is 1.17 bits per heavy atom. The molecule has 4 unspecified atom stereocenters. The van der Waals surface area contributed by atoms with Gasteiger partial charge < -0.3 is 9.13 Å². The summed E-state index contributed by atoms with van der Waals surface area (Å²) in [6.07, 6.45) is 15.0. The van der Waals surface area contributed by atoms with E-state index in [2.05, 4.69) is 48.6 Å². The maximum atomic E-state index is 15.2. The molecule has 1 fully saturated rings. The quantitative estimate of drug-likeness (QED) is 0.101. The predicted molar refractivity (Wildman–Crippen MR) is 273 cm³/mol. The molecule has 318 valence electrons. The maximum Gasteiger partial charge on any atom is 0.171 e.